The summed E-state index contributed by atoms with van der Waals surface area (Å²) in [5.74, 6) is 1.73. The molecular weight excluding hydrogens is 186 g/mol. The van der Waals surface area contributed by atoms with Gasteiger partial charge in [-0.1, -0.05) is 6.92 Å². The Morgan fingerprint density at radius 3 is 2.80 bits per heavy atom. The van der Waals surface area contributed by atoms with Crippen molar-refractivity contribution < 1.29 is 0 Å². The van der Waals surface area contributed by atoms with Crippen LogP contribution in [0.1, 0.15) is 30.6 Å². The van der Waals surface area contributed by atoms with Crippen molar-refractivity contribution in [2.75, 3.05) is 13.1 Å². The van der Waals surface area contributed by atoms with Gasteiger partial charge < -0.3 is 0 Å². The van der Waals surface area contributed by atoms with Crippen molar-refractivity contribution in [1.29, 1.82) is 0 Å². The topological polar surface area (TPSA) is 29.0 Å². The Morgan fingerprint density at radius 1 is 1.40 bits per heavy atom. The first kappa shape index (κ1) is 10.6. The van der Waals surface area contributed by atoms with E-state index in [1.54, 1.807) is 0 Å². The Balaban J connectivity index is 2.04. The van der Waals surface area contributed by atoms with Gasteiger partial charge in [0.2, 0.25) is 0 Å². The van der Waals surface area contributed by atoms with Gasteiger partial charge in [-0.05, 0) is 38.8 Å². The Labute approximate surface area is 91.5 Å². The molecule has 0 radical (unpaired) electrons. The van der Waals surface area contributed by atoms with Crippen LogP contribution in [0.3, 0.4) is 0 Å². The smallest absolute Gasteiger partial charge is 0.125 e. The van der Waals surface area contributed by atoms with E-state index in [0.29, 0.717) is 0 Å². The fourth-order valence-corrected chi connectivity index (χ4v) is 2.27. The molecule has 2 rings (SSSR count). The van der Waals surface area contributed by atoms with Gasteiger partial charge in [-0.3, -0.25) is 4.90 Å². The molecule has 0 aromatic carbocycles. The van der Waals surface area contributed by atoms with Gasteiger partial charge in [0.1, 0.15) is 5.82 Å². The highest BCUT2D eigenvalue weighted by Gasteiger charge is 2.18. The van der Waals surface area contributed by atoms with E-state index in [4.69, 9.17) is 0 Å². The molecule has 0 N–H and O–H groups in total. The van der Waals surface area contributed by atoms with Crippen LogP contribution in [0.4, 0.5) is 0 Å². The number of aryl methyl sites for hydroxylation is 2. The fraction of sp³-hybridized carbons (Fsp3) is 0.667. The Bertz CT molecular complexity index is 328. The molecule has 0 amide bonds. The molecule has 0 saturated carbocycles. The first-order valence-electron chi connectivity index (χ1n) is 5.67. The summed E-state index contributed by atoms with van der Waals surface area (Å²) in [7, 11) is 0. The maximum atomic E-state index is 4.47. The van der Waals surface area contributed by atoms with Crippen LogP contribution in [0.2, 0.25) is 0 Å². The summed E-state index contributed by atoms with van der Waals surface area (Å²) in [6, 6.07) is 2.09. The first-order valence-corrected chi connectivity index (χ1v) is 5.67. The predicted octanol–water partition coefficient (Wildman–Crippen LogP) is 1.94. The number of hydrogen-bond acceptors (Lipinski definition) is 3. The van der Waals surface area contributed by atoms with Gasteiger partial charge in [0.05, 0.1) is 5.69 Å². The number of nitrogens with zero attached hydrogens (tertiary/aromatic N) is 3. The number of likely N-dealkylation sites (tertiary alicyclic amines) is 1. The van der Waals surface area contributed by atoms with E-state index >= 15 is 0 Å². The molecule has 1 atom stereocenters. The van der Waals surface area contributed by atoms with Crippen molar-refractivity contribution in [2.45, 2.75) is 33.7 Å². The fourth-order valence-electron chi connectivity index (χ4n) is 2.27. The maximum Gasteiger partial charge on any atom is 0.125 e. The lowest BCUT2D eigenvalue weighted by Gasteiger charge is -2.14. The van der Waals surface area contributed by atoms with E-state index in [1.807, 2.05) is 13.8 Å². The molecule has 1 saturated heterocycles. The highest BCUT2D eigenvalue weighted by Crippen LogP contribution is 2.17. The average molecular weight is 205 g/mol. The molecule has 3 heteroatoms. The van der Waals surface area contributed by atoms with Gasteiger partial charge in [0.15, 0.2) is 0 Å². The third-order valence-corrected chi connectivity index (χ3v) is 2.91. The molecule has 0 aliphatic carbocycles. The quantitative estimate of drug-likeness (QED) is 0.739. The maximum absolute atomic E-state index is 4.47. The second-order valence-corrected chi connectivity index (χ2v) is 4.68. The average Bonchev–Trinajstić information content (AvgIpc) is 2.49. The predicted molar refractivity (Wildman–Crippen MR) is 60.6 cm³/mol. The highest BCUT2D eigenvalue weighted by atomic mass is 15.2. The van der Waals surface area contributed by atoms with Crippen LogP contribution in [0, 0.1) is 19.8 Å². The molecule has 2 heterocycles. The van der Waals surface area contributed by atoms with E-state index in [9.17, 15) is 0 Å². The minimum absolute atomic E-state index is 0.842. The van der Waals surface area contributed by atoms with Gasteiger partial charge in [0, 0.05) is 18.8 Å². The van der Waals surface area contributed by atoms with Gasteiger partial charge in [-0.2, -0.15) is 0 Å². The molecule has 0 bridgehead atoms. The molecule has 1 aliphatic heterocycles. The molecule has 1 fully saturated rings. The van der Waals surface area contributed by atoms with Crippen LogP contribution < -0.4 is 0 Å². The molecule has 1 aliphatic rings. The summed E-state index contributed by atoms with van der Waals surface area (Å²) in [6.45, 7) is 9.71. The first-order chi connectivity index (χ1) is 7.13. The molecule has 15 heavy (non-hydrogen) atoms. The van der Waals surface area contributed by atoms with Gasteiger partial charge in [0.25, 0.3) is 0 Å². The zero-order chi connectivity index (χ0) is 10.8. The van der Waals surface area contributed by atoms with E-state index in [-0.39, 0.29) is 0 Å². The lowest BCUT2D eigenvalue weighted by atomic mass is 10.2. The van der Waals surface area contributed by atoms with Crippen LogP contribution in [0.5, 0.6) is 0 Å². The van der Waals surface area contributed by atoms with E-state index in [1.165, 1.54) is 19.5 Å². The molecule has 1 aromatic heterocycles. The van der Waals surface area contributed by atoms with Crippen LogP contribution in [0.25, 0.3) is 0 Å². The van der Waals surface area contributed by atoms with Crippen molar-refractivity contribution in [3.8, 4) is 0 Å². The SMILES string of the molecule is Cc1cc(CN2CCC(C)C2)nc(C)n1. The van der Waals surface area contributed by atoms with E-state index in [0.717, 1.165) is 29.7 Å². The lowest BCUT2D eigenvalue weighted by Crippen LogP contribution is -2.20. The second kappa shape index (κ2) is 4.27. The zero-order valence-electron chi connectivity index (χ0n) is 9.82. The number of aromatic nitrogens is 2. The van der Waals surface area contributed by atoms with Crippen molar-refractivity contribution >= 4 is 0 Å². The van der Waals surface area contributed by atoms with Crippen LogP contribution in [0.15, 0.2) is 6.07 Å². The van der Waals surface area contributed by atoms with Gasteiger partial charge in [-0.25, -0.2) is 9.97 Å². The minimum Gasteiger partial charge on any atom is -0.297 e. The molecule has 0 spiro atoms. The zero-order valence-corrected chi connectivity index (χ0v) is 9.82. The monoisotopic (exact) mass is 205 g/mol. The summed E-state index contributed by atoms with van der Waals surface area (Å²) in [4.78, 5) is 11.2. The van der Waals surface area contributed by atoms with Gasteiger partial charge >= 0.3 is 0 Å². The molecule has 1 unspecified atom stereocenters. The van der Waals surface area contributed by atoms with Crippen LogP contribution >= 0.6 is 0 Å². The lowest BCUT2D eigenvalue weighted by molar-refractivity contribution is 0.316. The molecule has 82 valence electrons. The summed E-state index contributed by atoms with van der Waals surface area (Å²) >= 11 is 0. The summed E-state index contributed by atoms with van der Waals surface area (Å²) in [6.07, 6.45) is 1.32. The van der Waals surface area contributed by atoms with Crippen LogP contribution in [-0.2, 0) is 6.54 Å². The van der Waals surface area contributed by atoms with Crippen molar-refractivity contribution in [1.82, 2.24) is 14.9 Å². The number of hydrogen-bond donors (Lipinski definition) is 0. The standard InChI is InChI=1S/C12H19N3/c1-9-4-5-15(7-9)8-12-6-10(2)13-11(3)14-12/h6,9H,4-5,7-8H2,1-3H3. The second-order valence-electron chi connectivity index (χ2n) is 4.68. The Hall–Kier alpha value is -0.960. The summed E-state index contributed by atoms with van der Waals surface area (Å²) in [5.41, 5.74) is 2.24. The van der Waals surface area contributed by atoms with E-state index < -0.39 is 0 Å². The third kappa shape index (κ3) is 2.75. The highest BCUT2D eigenvalue weighted by molar-refractivity contribution is 5.09. The van der Waals surface area contributed by atoms with E-state index in [2.05, 4.69) is 27.9 Å². The normalized spacial score (nSPS) is 22.2. The molecule has 1 aromatic rings. The summed E-state index contributed by atoms with van der Waals surface area (Å²) < 4.78 is 0. The van der Waals surface area contributed by atoms with Crippen molar-refractivity contribution in [2.24, 2.45) is 5.92 Å². The Morgan fingerprint density at radius 2 is 2.20 bits per heavy atom. The number of rotatable bonds is 2. The Kier molecular flexibility index (Phi) is 3.00. The molecule has 3 nitrogen and oxygen atoms in total. The third-order valence-electron chi connectivity index (χ3n) is 2.91. The molecular formula is C12H19N3. The van der Waals surface area contributed by atoms with Gasteiger partial charge in [-0.15, -0.1) is 0 Å². The summed E-state index contributed by atoms with van der Waals surface area (Å²) in [5, 5.41) is 0. The van der Waals surface area contributed by atoms with Crippen molar-refractivity contribution in [3.05, 3.63) is 23.3 Å². The van der Waals surface area contributed by atoms with Crippen LogP contribution in [-0.4, -0.2) is 28.0 Å². The largest absolute Gasteiger partial charge is 0.297 e. The van der Waals surface area contributed by atoms with Crippen molar-refractivity contribution in [3.63, 3.8) is 0 Å². The minimum atomic E-state index is 0.842.